The molecule has 0 fully saturated rings. The summed E-state index contributed by atoms with van der Waals surface area (Å²) in [7, 11) is 1.23. The number of carbonyl (C=O) groups excluding carboxylic acids is 1. The number of aliphatic hydroxyl groups excluding tert-OH is 1. The van der Waals surface area contributed by atoms with Gasteiger partial charge in [0.25, 0.3) is 0 Å². The third-order valence-corrected chi connectivity index (χ3v) is 2.34. The number of hydrogen-bond donors (Lipinski definition) is 1. The molecule has 1 aromatic carbocycles. The lowest BCUT2D eigenvalue weighted by molar-refractivity contribution is -0.136. The molecule has 1 N–H and O–H groups in total. The van der Waals surface area contributed by atoms with E-state index in [0.717, 1.165) is 0 Å². The Morgan fingerprint density at radius 1 is 1.21 bits per heavy atom. The molecule has 0 aliphatic rings. The third kappa shape index (κ3) is 4.21. The topological polar surface area (TPSA) is 71.2 Å². The van der Waals surface area contributed by atoms with Gasteiger partial charge < -0.3 is 9.84 Å². The first-order valence-corrected chi connectivity index (χ1v) is 5.85. The molecule has 0 heterocycles. The number of azo groups is 1. The molecular formula is C14H18N2O3. The van der Waals surface area contributed by atoms with Gasteiger partial charge >= 0.3 is 5.97 Å². The fraction of sp³-hybridized carbons (Fsp3) is 0.357. The number of aliphatic hydroxyl groups is 1. The second-order valence-corrected chi connectivity index (χ2v) is 4.97. The predicted octanol–water partition coefficient (Wildman–Crippen LogP) is 3.76. The lowest BCUT2D eigenvalue weighted by atomic mass is 9.92. The van der Waals surface area contributed by atoms with Crippen molar-refractivity contribution in [3.8, 4) is 0 Å². The van der Waals surface area contributed by atoms with Crippen molar-refractivity contribution in [1.82, 2.24) is 0 Å². The molecule has 0 aliphatic carbocycles. The molecule has 102 valence electrons. The van der Waals surface area contributed by atoms with Crippen molar-refractivity contribution < 1.29 is 14.6 Å². The first-order chi connectivity index (χ1) is 8.86. The Morgan fingerprint density at radius 2 is 1.79 bits per heavy atom. The largest absolute Gasteiger partial charge is 0.509 e. The minimum Gasteiger partial charge on any atom is -0.509 e. The van der Waals surface area contributed by atoms with Crippen molar-refractivity contribution in [3.63, 3.8) is 0 Å². The van der Waals surface area contributed by atoms with Crippen LogP contribution < -0.4 is 0 Å². The lowest BCUT2D eigenvalue weighted by Gasteiger charge is -2.18. The number of nitrogens with zero attached hydrogens (tertiary/aromatic N) is 2. The maximum absolute atomic E-state index is 11.6. The quantitative estimate of drug-likeness (QED) is 0.390. The SMILES string of the molecule is COC(=O)/C(N=Nc1ccccc1)=C(\O)C(C)(C)C. The van der Waals surface area contributed by atoms with E-state index in [2.05, 4.69) is 15.0 Å². The summed E-state index contributed by atoms with van der Waals surface area (Å²) in [5.41, 5.74) is -0.205. The zero-order chi connectivity index (χ0) is 14.5. The molecule has 0 aromatic heterocycles. The molecule has 1 aromatic rings. The Labute approximate surface area is 112 Å². The molecule has 19 heavy (non-hydrogen) atoms. The molecule has 0 bridgehead atoms. The fourth-order valence-electron chi connectivity index (χ4n) is 1.24. The van der Waals surface area contributed by atoms with Crippen molar-refractivity contribution in [3.05, 3.63) is 41.8 Å². The van der Waals surface area contributed by atoms with Crippen LogP contribution in [0.1, 0.15) is 20.8 Å². The minimum atomic E-state index is -0.716. The molecule has 0 amide bonds. The normalized spacial score (nSPS) is 13.3. The van der Waals surface area contributed by atoms with Gasteiger partial charge in [0.05, 0.1) is 12.8 Å². The Balaban J connectivity index is 3.14. The number of hydrogen-bond acceptors (Lipinski definition) is 5. The Kier molecular flexibility index (Phi) is 4.80. The number of rotatable bonds is 3. The van der Waals surface area contributed by atoms with Gasteiger partial charge in [0, 0.05) is 5.41 Å². The summed E-state index contributed by atoms with van der Waals surface area (Å²) in [5, 5.41) is 17.8. The molecule has 0 spiro atoms. The van der Waals surface area contributed by atoms with Crippen LogP contribution in [0.15, 0.2) is 52.0 Å². The number of methoxy groups -OCH3 is 1. The van der Waals surface area contributed by atoms with Crippen LogP contribution in [0.25, 0.3) is 0 Å². The zero-order valence-corrected chi connectivity index (χ0v) is 11.5. The molecule has 0 unspecified atom stereocenters. The monoisotopic (exact) mass is 262 g/mol. The smallest absolute Gasteiger partial charge is 0.362 e. The molecule has 0 saturated carbocycles. The third-order valence-electron chi connectivity index (χ3n) is 2.34. The van der Waals surface area contributed by atoms with Crippen molar-refractivity contribution in [2.75, 3.05) is 7.11 Å². The maximum Gasteiger partial charge on any atom is 0.362 e. The number of benzene rings is 1. The van der Waals surface area contributed by atoms with E-state index in [9.17, 15) is 9.90 Å². The minimum absolute atomic E-state index is 0.154. The van der Waals surface area contributed by atoms with Gasteiger partial charge in [0.1, 0.15) is 5.76 Å². The second-order valence-electron chi connectivity index (χ2n) is 4.97. The van der Waals surface area contributed by atoms with Gasteiger partial charge in [-0.25, -0.2) is 4.79 Å². The summed E-state index contributed by atoms with van der Waals surface area (Å²) in [6.45, 7) is 5.30. The standard InChI is InChI=1S/C14H18N2O3/c1-14(2,3)12(17)11(13(18)19-4)16-15-10-8-6-5-7-9-10/h5-9,17H,1-4H3/b12-11+,16-15?. The van der Waals surface area contributed by atoms with E-state index in [1.165, 1.54) is 7.11 Å². The van der Waals surface area contributed by atoms with E-state index >= 15 is 0 Å². The van der Waals surface area contributed by atoms with Gasteiger partial charge in [-0.2, -0.15) is 5.11 Å². The fourth-order valence-corrected chi connectivity index (χ4v) is 1.24. The Hall–Kier alpha value is -2.17. The molecular weight excluding hydrogens is 244 g/mol. The highest BCUT2D eigenvalue weighted by atomic mass is 16.5. The highest BCUT2D eigenvalue weighted by molar-refractivity contribution is 5.88. The zero-order valence-electron chi connectivity index (χ0n) is 11.5. The number of carbonyl (C=O) groups is 1. The second kappa shape index (κ2) is 6.13. The first-order valence-electron chi connectivity index (χ1n) is 5.85. The van der Waals surface area contributed by atoms with Crippen molar-refractivity contribution in [1.29, 1.82) is 0 Å². The van der Waals surface area contributed by atoms with E-state index < -0.39 is 11.4 Å². The van der Waals surface area contributed by atoms with Crippen LogP contribution in [-0.2, 0) is 9.53 Å². The van der Waals surface area contributed by atoms with Crippen molar-refractivity contribution in [2.45, 2.75) is 20.8 Å². The van der Waals surface area contributed by atoms with Crippen LogP contribution in [0.5, 0.6) is 0 Å². The molecule has 0 atom stereocenters. The molecule has 0 aliphatic heterocycles. The first kappa shape index (κ1) is 14.9. The lowest BCUT2D eigenvalue weighted by Crippen LogP contribution is -2.16. The van der Waals surface area contributed by atoms with Crippen LogP contribution in [0.4, 0.5) is 5.69 Å². The van der Waals surface area contributed by atoms with Gasteiger partial charge in [0.2, 0.25) is 5.70 Å². The van der Waals surface area contributed by atoms with Gasteiger partial charge in [0.15, 0.2) is 0 Å². The molecule has 0 saturated heterocycles. The van der Waals surface area contributed by atoms with E-state index in [4.69, 9.17) is 0 Å². The number of allylic oxidation sites excluding steroid dienone is 1. The van der Waals surface area contributed by atoms with Crippen LogP contribution in [0, 0.1) is 5.41 Å². The van der Waals surface area contributed by atoms with E-state index in [1.807, 2.05) is 6.07 Å². The predicted molar refractivity (Wildman–Crippen MR) is 72.1 cm³/mol. The highest BCUT2D eigenvalue weighted by Gasteiger charge is 2.25. The maximum atomic E-state index is 11.6. The molecule has 0 radical (unpaired) electrons. The number of ether oxygens (including phenoxy) is 1. The average molecular weight is 262 g/mol. The summed E-state index contributed by atoms with van der Waals surface area (Å²) in [6.07, 6.45) is 0. The van der Waals surface area contributed by atoms with Gasteiger partial charge in [-0.1, -0.05) is 39.0 Å². The molecule has 5 nitrogen and oxygen atoms in total. The summed E-state index contributed by atoms with van der Waals surface area (Å²) in [5.74, 6) is -0.869. The van der Waals surface area contributed by atoms with Crippen molar-refractivity contribution >= 4 is 11.7 Å². The van der Waals surface area contributed by atoms with Crippen LogP contribution in [0.3, 0.4) is 0 Å². The Morgan fingerprint density at radius 3 is 2.26 bits per heavy atom. The van der Waals surface area contributed by atoms with Crippen LogP contribution in [-0.4, -0.2) is 18.2 Å². The summed E-state index contributed by atoms with van der Waals surface area (Å²) < 4.78 is 4.61. The van der Waals surface area contributed by atoms with Crippen molar-refractivity contribution in [2.24, 2.45) is 15.6 Å². The van der Waals surface area contributed by atoms with Gasteiger partial charge in [-0.3, -0.25) is 0 Å². The van der Waals surface area contributed by atoms with Crippen LogP contribution in [0.2, 0.25) is 0 Å². The molecule has 5 heteroatoms. The number of esters is 1. The van der Waals surface area contributed by atoms with E-state index in [-0.39, 0.29) is 11.5 Å². The Bertz CT molecular complexity index is 499. The highest BCUT2D eigenvalue weighted by Crippen LogP contribution is 2.27. The van der Waals surface area contributed by atoms with Crippen LogP contribution >= 0.6 is 0 Å². The van der Waals surface area contributed by atoms with E-state index in [0.29, 0.717) is 5.69 Å². The van der Waals surface area contributed by atoms with Gasteiger partial charge in [-0.15, -0.1) is 5.11 Å². The van der Waals surface area contributed by atoms with E-state index in [1.54, 1.807) is 45.0 Å². The summed E-state index contributed by atoms with van der Waals surface area (Å²) in [4.78, 5) is 11.6. The summed E-state index contributed by atoms with van der Waals surface area (Å²) >= 11 is 0. The molecule has 1 rings (SSSR count). The van der Waals surface area contributed by atoms with Gasteiger partial charge in [-0.05, 0) is 12.1 Å². The summed E-state index contributed by atoms with van der Waals surface area (Å²) in [6, 6.07) is 8.95. The average Bonchev–Trinajstić information content (AvgIpc) is 2.38.